The van der Waals surface area contributed by atoms with Crippen LogP contribution in [0.4, 0.5) is 0 Å². The van der Waals surface area contributed by atoms with Crippen molar-refractivity contribution in [2.45, 2.75) is 37.6 Å². The Morgan fingerprint density at radius 2 is 2.05 bits per heavy atom. The second-order valence-electron chi connectivity index (χ2n) is 5.33. The molecule has 2 aromatic rings. The summed E-state index contributed by atoms with van der Waals surface area (Å²) in [6.45, 7) is 0. The third-order valence-electron chi connectivity index (χ3n) is 3.86. The molecule has 1 aliphatic carbocycles. The average Bonchev–Trinajstić information content (AvgIpc) is 2.99. The first kappa shape index (κ1) is 12.8. The lowest BCUT2D eigenvalue weighted by Gasteiger charge is -2.29. The number of nitrogens with two attached hydrogens (primary N) is 1. The normalized spacial score (nSPS) is 17.6. The molecule has 0 spiro atoms. The molecule has 20 heavy (non-hydrogen) atoms. The van der Waals surface area contributed by atoms with E-state index < -0.39 is 5.54 Å². The molecule has 1 fully saturated rings. The third-order valence-corrected chi connectivity index (χ3v) is 3.86. The maximum atomic E-state index is 8.92. The Bertz CT molecular complexity index is 650. The third kappa shape index (κ3) is 2.30. The highest BCUT2D eigenvalue weighted by molar-refractivity contribution is 5.56. The fraction of sp³-hybridized carbons (Fsp3) is 0.400. The van der Waals surface area contributed by atoms with E-state index in [9.17, 15) is 0 Å². The molecule has 102 valence electrons. The maximum Gasteiger partial charge on any atom is 0.258 e. The molecule has 2 N–H and O–H groups in total. The standard InChI is InChI=1S/C15H16N4O/c16-10-11-5-4-6-12(9-11)13-18-14(19-20-13)15(17)7-2-1-3-8-15/h4-6,9H,1-3,7-8,17H2. The lowest BCUT2D eigenvalue weighted by molar-refractivity contribution is 0.275. The van der Waals surface area contributed by atoms with Crippen LogP contribution < -0.4 is 5.73 Å². The molecule has 1 heterocycles. The minimum Gasteiger partial charge on any atom is -0.334 e. The van der Waals surface area contributed by atoms with E-state index in [0.717, 1.165) is 31.2 Å². The van der Waals surface area contributed by atoms with Gasteiger partial charge in [0.05, 0.1) is 17.2 Å². The summed E-state index contributed by atoms with van der Waals surface area (Å²) >= 11 is 0. The van der Waals surface area contributed by atoms with Crippen molar-refractivity contribution >= 4 is 0 Å². The van der Waals surface area contributed by atoms with Gasteiger partial charge in [0.1, 0.15) is 0 Å². The Labute approximate surface area is 117 Å². The van der Waals surface area contributed by atoms with E-state index in [2.05, 4.69) is 16.2 Å². The van der Waals surface area contributed by atoms with Gasteiger partial charge in [0.2, 0.25) is 0 Å². The zero-order chi connectivity index (χ0) is 14.0. The molecule has 0 unspecified atom stereocenters. The van der Waals surface area contributed by atoms with Gasteiger partial charge in [-0.25, -0.2) is 0 Å². The van der Waals surface area contributed by atoms with Crippen LogP contribution in [0, 0.1) is 11.3 Å². The number of nitriles is 1. The largest absolute Gasteiger partial charge is 0.334 e. The predicted octanol–water partition coefficient (Wildman–Crippen LogP) is 2.73. The first-order chi connectivity index (χ1) is 9.71. The van der Waals surface area contributed by atoms with Gasteiger partial charge in [0, 0.05) is 5.56 Å². The van der Waals surface area contributed by atoms with E-state index >= 15 is 0 Å². The number of hydrogen-bond donors (Lipinski definition) is 1. The van der Waals surface area contributed by atoms with Crippen molar-refractivity contribution in [1.82, 2.24) is 10.1 Å². The molecule has 1 aromatic carbocycles. The molecule has 0 bridgehead atoms. The van der Waals surface area contributed by atoms with E-state index in [4.69, 9.17) is 15.5 Å². The fourth-order valence-corrected chi connectivity index (χ4v) is 2.67. The van der Waals surface area contributed by atoms with E-state index in [1.165, 1.54) is 6.42 Å². The summed E-state index contributed by atoms with van der Waals surface area (Å²) in [5, 5.41) is 13.0. The van der Waals surface area contributed by atoms with Crippen molar-refractivity contribution in [1.29, 1.82) is 5.26 Å². The number of aromatic nitrogens is 2. The summed E-state index contributed by atoms with van der Waals surface area (Å²) in [6.07, 6.45) is 5.21. The lowest BCUT2D eigenvalue weighted by atomic mass is 9.82. The van der Waals surface area contributed by atoms with Gasteiger partial charge < -0.3 is 10.3 Å². The Morgan fingerprint density at radius 3 is 2.80 bits per heavy atom. The van der Waals surface area contributed by atoms with Gasteiger partial charge in [0.25, 0.3) is 5.89 Å². The smallest absolute Gasteiger partial charge is 0.258 e. The Hall–Kier alpha value is -2.19. The quantitative estimate of drug-likeness (QED) is 0.904. The van der Waals surface area contributed by atoms with E-state index in [1.54, 1.807) is 18.2 Å². The second kappa shape index (κ2) is 5.06. The van der Waals surface area contributed by atoms with Crippen LogP contribution in [0.25, 0.3) is 11.5 Å². The maximum absolute atomic E-state index is 8.92. The molecule has 0 atom stereocenters. The van der Waals surface area contributed by atoms with Crippen molar-refractivity contribution < 1.29 is 4.52 Å². The van der Waals surface area contributed by atoms with Gasteiger partial charge in [-0.2, -0.15) is 10.2 Å². The summed E-state index contributed by atoms with van der Waals surface area (Å²) in [4.78, 5) is 4.44. The lowest BCUT2D eigenvalue weighted by Crippen LogP contribution is -2.39. The molecule has 1 aromatic heterocycles. The summed E-state index contributed by atoms with van der Waals surface area (Å²) in [5.74, 6) is 1.00. The number of benzene rings is 1. The topological polar surface area (TPSA) is 88.7 Å². The highest BCUT2D eigenvalue weighted by atomic mass is 16.5. The van der Waals surface area contributed by atoms with Gasteiger partial charge in [-0.1, -0.05) is 30.5 Å². The summed E-state index contributed by atoms with van der Waals surface area (Å²) < 4.78 is 5.32. The molecular formula is C15H16N4O. The first-order valence-corrected chi connectivity index (χ1v) is 6.85. The van der Waals surface area contributed by atoms with Crippen molar-refractivity contribution in [3.63, 3.8) is 0 Å². The van der Waals surface area contributed by atoms with Gasteiger partial charge >= 0.3 is 0 Å². The number of rotatable bonds is 2. The minimum atomic E-state index is -0.465. The average molecular weight is 268 g/mol. The van der Waals surface area contributed by atoms with Crippen molar-refractivity contribution in [3.8, 4) is 17.5 Å². The highest BCUT2D eigenvalue weighted by Crippen LogP contribution is 2.34. The molecule has 5 nitrogen and oxygen atoms in total. The molecule has 1 aliphatic rings. The van der Waals surface area contributed by atoms with Gasteiger partial charge in [-0.3, -0.25) is 0 Å². The molecule has 0 aliphatic heterocycles. The summed E-state index contributed by atoms with van der Waals surface area (Å²) in [6, 6.07) is 9.23. The van der Waals surface area contributed by atoms with Crippen molar-refractivity contribution in [2.75, 3.05) is 0 Å². The van der Waals surface area contributed by atoms with E-state index in [0.29, 0.717) is 17.3 Å². The summed E-state index contributed by atoms with van der Waals surface area (Å²) in [5.41, 5.74) is 7.25. The highest BCUT2D eigenvalue weighted by Gasteiger charge is 2.34. The number of nitrogens with zero attached hydrogens (tertiary/aromatic N) is 3. The van der Waals surface area contributed by atoms with Gasteiger partial charge in [0.15, 0.2) is 5.82 Å². The van der Waals surface area contributed by atoms with E-state index in [-0.39, 0.29) is 0 Å². The molecule has 5 heteroatoms. The van der Waals surface area contributed by atoms with Crippen LogP contribution in [-0.4, -0.2) is 10.1 Å². The molecule has 0 amide bonds. The number of hydrogen-bond acceptors (Lipinski definition) is 5. The summed E-state index contributed by atoms with van der Waals surface area (Å²) in [7, 11) is 0. The van der Waals surface area contributed by atoms with Crippen molar-refractivity contribution in [2.24, 2.45) is 5.73 Å². The molecular weight excluding hydrogens is 252 g/mol. The monoisotopic (exact) mass is 268 g/mol. The minimum absolute atomic E-state index is 0.424. The van der Waals surface area contributed by atoms with Crippen LogP contribution >= 0.6 is 0 Å². The predicted molar refractivity (Wildman–Crippen MR) is 73.4 cm³/mol. The van der Waals surface area contributed by atoms with Crippen LogP contribution in [0.2, 0.25) is 0 Å². The van der Waals surface area contributed by atoms with Crippen LogP contribution in [0.1, 0.15) is 43.5 Å². The van der Waals surface area contributed by atoms with Gasteiger partial charge in [-0.05, 0) is 31.0 Å². The fourth-order valence-electron chi connectivity index (χ4n) is 2.67. The zero-order valence-corrected chi connectivity index (χ0v) is 11.2. The van der Waals surface area contributed by atoms with Crippen LogP contribution in [-0.2, 0) is 5.54 Å². The van der Waals surface area contributed by atoms with Gasteiger partial charge in [-0.15, -0.1) is 0 Å². The van der Waals surface area contributed by atoms with E-state index in [1.807, 2.05) is 6.07 Å². The molecule has 1 saturated carbocycles. The van der Waals surface area contributed by atoms with Crippen LogP contribution in [0.15, 0.2) is 28.8 Å². The zero-order valence-electron chi connectivity index (χ0n) is 11.2. The SMILES string of the molecule is N#Cc1cccc(-c2nc(C3(N)CCCCC3)no2)c1. The molecule has 0 saturated heterocycles. The Kier molecular flexibility index (Phi) is 3.25. The van der Waals surface area contributed by atoms with Crippen LogP contribution in [0.3, 0.4) is 0 Å². The Balaban J connectivity index is 1.91. The molecule has 0 radical (unpaired) electrons. The first-order valence-electron chi connectivity index (χ1n) is 6.85. The Morgan fingerprint density at radius 1 is 1.25 bits per heavy atom. The molecule has 3 rings (SSSR count). The second-order valence-corrected chi connectivity index (χ2v) is 5.33. The van der Waals surface area contributed by atoms with Crippen molar-refractivity contribution in [3.05, 3.63) is 35.7 Å². The van der Waals surface area contributed by atoms with Crippen LogP contribution in [0.5, 0.6) is 0 Å².